The van der Waals surface area contributed by atoms with Crippen LogP contribution in [-0.2, 0) is 14.3 Å². The fraction of sp³-hybridized carbons (Fsp3) is 0.464. The van der Waals surface area contributed by atoms with Crippen molar-refractivity contribution in [2.24, 2.45) is 11.8 Å². The summed E-state index contributed by atoms with van der Waals surface area (Å²) in [4.78, 5) is 38.7. The highest BCUT2D eigenvalue weighted by Gasteiger charge is 2.35. The van der Waals surface area contributed by atoms with E-state index in [2.05, 4.69) is 29.6 Å². The first-order valence-corrected chi connectivity index (χ1v) is 12.6. The van der Waals surface area contributed by atoms with Crippen molar-refractivity contribution in [1.82, 2.24) is 10.2 Å². The smallest absolute Gasteiger partial charge is 0.407 e. The summed E-state index contributed by atoms with van der Waals surface area (Å²) < 4.78 is 5.73. The summed E-state index contributed by atoms with van der Waals surface area (Å²) in [7, 11) is 0. The second kappa shape index (κ2) is 10.1. The van der Waals surface area contributed by atoms with Crippen molar-refractivity contribution in [3.63, 3.8) is 0 Å². The minimum Gasteiger partial charge on any atom is -0.481 e. The third-order valence-corrected chi connectivity index (χ3v) is 7.90. The number of carboxylic acid groups (broad SMARTS) is 1. The second-order valence-electron chi connectivity index (χ2n) is 9.99. The number of benzene rings is 2. The summed E-state index contributed by atoms with van der Waals surface area (Å²) in [6, 6.07) is 16.1. The van der Waals surface area contributed by atoms with Crippen LogP contribution in [0.15, 0.2) is 48.5 Å². The third kappa shape index (κ3) is 4.90. The first-order valence-electron chi connectivity index (χ1n) is 12.6. The maximum Gasteiger partial charge on any atom is 0.407 e. The van der Waals surface area contributed by atoms with Gasteiger partial charge in [-0.05, 0) is 47.4 Å². The Morgan fingerprint density at radius 1 is 0.971 bits per heavy atom. The van der Waals surface area contributed by atoms with E-state index >= 15 is 0 Å². The van der Waals surface area contributed by atoms with E-state index in [4.69, 9.17) is 4.74 Å². The number of hydrogen-bond donors (Lipinski definition) is 2. The molecule has 0 aromatic heterocycles. The van der Waals surface area contributed by atoms with Gasteiger partial charge in [0.2, 0.25) is 5.91 Å². The standard InChI is InChI=1S/C28H32N2O5/c31-26(30-14-13-19(16-30)27(32)33)15-25(18-7-1-2-8-18)29-28(34)35-17-24-22-11-5-3-9-20(22)21-10-4-6-12-23(21)24/h3-6,9-12,18-19,24-25H,1-2,7-8,13-17H2,(H,29,34)(H,32,33). The Bertz CT molecular complexity index is 1060. The molecule has 3 aliphatic rings. The average Bonchev–Trinajstić information content (AvgIpc) is 3.62. The van der Waals surface area contributed by atoms with Crippen molar-refractivity contribution in [2.45, 2.75) is 50.5 Å². The van der Waals surface area contributed by atoms with E-state index in [1.165, 1.54) is 11.1 Å². The van der Waals surface area contributed by atoms with Crippen LogP contribution in [0, 0.1) is 11.8 Å². The SMILES string of the molecule is O=C(NC(CC(=O)N1CCC(C(=O)O)C1)C1CCCC1)OCC1c2ccccc2-c2ccccc21. The molecule has 2 unspecified atom stereocenters. The molecular formula is C28H32N2O5. The number of likely N-dealkylation sites (tertiary alicyclic amines) is 1. The number of nitrogens with zero attached hydrogens (tertiary/aromatic N) is 1. The molecule has 0 bridgehead atoms. The molecule has 1 saturated carbocycles. The molecule has 2 aromatic rings. The Hall–Kier alpha value is -3.35. The normalized spacial score (nSPS) is 20.3. The van der Waals surface area contributed by atoms with Gasteiger partial charge in [0.15, 0.2) is 0 Å². The van der Waals surface area contributed by atoms with Crippen LogP contribution in [0.4, 0.5) is 4.79 Å². The molecule has 1 heterocycles. The Labute approximate surface area is 205 Å². The van der Waals surface area contributed by atoms with Crippen LogP contribution in [0.25, 0.3) is 11.1 Å². The van der Waals surface area contributed by atoms with E-state index in [0.717, 1.165) is 36.8 Å². The van der Waals surface area contributed by atoms with Crippen LogP contribution in [-0.4, -0.2) is 53.7 Å². The highest BCUT2D eigenvalue weighted by Crippen LogP contribution is 2.44. The molecule has 2 fully saturated rings. The van der Waals surface area contributed by atoms with Gasteiger partial charge in [-0.2, -0.15) is 0 Å². The van der Waals surface area contributed by atoms with Crippen molar-refractivity contribution in [2.75, 3.05) is 19.7 Å². The molecule has 2 N–H and O–H groups in total. The monoisotopic (exact) mass is 476 g/mol. The van der Waals surface area contributed by atoms with E-state index in [1.807, 2.05) is 24.3 Å². The lowest BCUT2D eigenvalue weighted by Gasteiger charge is -2.26. The van der Waals surface area contributed by atoms with Gasteiger partial charge in [0.1, 0.15) is 6.61 Å². The minimum absolute atomic E-state index is 0.0164. The zero-order chi connectivity index (χ0) is 24.4. The van der Waals surface area contributed by atoms with Gasteiger partial charge in [0, 0.05) is 31.5 Å². The topological polar surface area (TPSA) is 95.9 Å². The molecule has 0 spiro atoms. The lowest BCUT2D eigenvalue weighted by atomic mass is 9.95. The van der Waals surface area contributed by atoms with Crippen LogP contribution >= 0.6 is 0 Å². The molecule has 35 heavy (non-hydrogen) atoms. The third-order valence-electron chi connectivity index (χ3n) is 7.90. The van der Waals surface area contributed by atoms with Gasteiger partial charge < -0.3 is 20.1 Å². The zero-order valence-corrected chi connectivity index (χ0v) is 19.8. The fourth-order valence-electron chi connectivity index (χ4n) is 5.99. The number of carboxylic acids is 1. The highest BCUT2D eigenvalue weighted by atomic mass is 16.5. The Morgan fingerprint density at radius 3 is 2.20 bits per heavy atom. The number of hydrogen-bond acceptors (Lipinski definition) is 4. The van der Waals surface area contributed by atoms with Crippen molar-refractivity contribution in [1.29, 1.82) is 0 Å². The molecule has 2 aliphatic carbocycles. The van der Waals surface area contributed by atoms with E-state index in [1.54, 1.807) is 4.90 Å². The molecule has 7 nitrogen and oxygen atoms in total. The lowest BCUT2D eigenvalue weighted by Crippen LogP contribution is -2.44. The molecule has 1 aliphatic heterocycles. The number of carbonyl (C=O) groups excluding carboxylic acids is 2. The number of aliphatic carboxylic acids is 1. The summed E-state index contributed by atoms with van der Waals surface area (Å²) >= 11 is 0. The van der Waals surface area contributed by atoms with E-state index in [-0.39, 0.29) is 43.4 Å². The molecule has 184 valence electrons. The molecule has 2 amide bonds. The Morgan fingerprint density at radius 2 is 1.60 bits per heavy atom. The van der Waals surface area contributed by atoms with E-state index in [9.17, 15) is 19.5 Å². The van der Waals surface area contributed by atoms with Crippen LogP contribution in [0.2, 0.25) is 0 Å². The number of carbonyl (C=O) groups is 3. The summed E-state index contributed by atoms with van der Waals surface area (Å²) in [6.45, 7) is 0.937. The summed E-state index contributed by atoms with van der Waals surface area (Å²) in [5.41, 5.74) is 4.67. The van der Waals surface area contributed by atoms with Crippen LogP contribution in [0.3, 0.4) is 0 Å². The summed E-state index contributed by atoms with van der Waals surface area (Å²) in [5.74, 6) is -1.23. The van der Waals surface area contributed by atoms with E-state index in [0.29, 0.717) is 13.0 Å². The maximum absolute atomic E-state index is 12.9. The van der Waals surface area contributed by atoms with Gasteiger partial charge in [-0.3, -0.25) is 9.59 Å². The molecule has 2 atom stereocenters. The van der Waals surface area contributed by atoms with Gasteiger partial charge in [0.25, 0.3) is 0 Å². The van der Waals surface area contributed by atoms with Gasteiger partial charge >= 0.3 is 12.1 Å². The average molecular weight is 477 g/mol. The summed E-state index contributed by atoms with van der Waals surface area (Å²) in [5, 5.41) is 12.2. The van der Waals surface area contributed by atoms with Crippen LogP contribution in [0.5, 0.6) is 0 Å². The molecule has 7 heteroatoms. The number of amides is 2. The van der Waals surface area contributed by atoms with Gasteiger partial charge in [-0.25, -0.2) is 4.79 Å². The van der Waals surface area contributed by atoms with Crippen molar-refractivity contribution >= 4 is 18.0 Å². The number of ether oxygens (including phenoxy) is 1. The maximum atomic E-state index is 12.9. The summed E-state index contributed by atoms with van der Waals surface area (Å²) in [6.07, 6.45) is 4.29. The first-order chi connectivity index (χ1) is 17.0. The first kappa shape index (κ1) is 23.4. The van der Waals surface area contributed by atoms with Crippen molar-refractivity contribution in [3.8, 4) is 11.1 Å². The minimum atomic E-state index is -0.857. The Balaban J connectivity index is 1.22. The molecule has 5 rings (SSSR count). The Kier molecular flexibility index (Phi) is 6.75. The van der Waals surface area contributed by atoms with Crippen molar-refractivity contribution < 1.29 is 24.2 Å². The number of alkyl carbamates (subject to hydrolysis) is 1. The van der Waals surface area contributed by atoms with Crippen molar-refractivity contribution in [3.05, 3.63) is 59.7 Å². The van der Waals surface area contributed by atoms with Gasteiger partial charge in [-0.15, -0.1) is 0 Å². The zero-order valence-electron chi connectivity index (χ0n) is 19.8. The second-order valence-corrected chi connectivity index (χ2v) is 9.99. The lowest BCUT2D eigenvalue weighted by molar-refractivity contribution is -0.141. The van der Waals surface area contributed by atoms with Crippen LogP contribution in [0.1, 0.15) is 55.6 Å². The fourth-order valence-corrected chi connectivity index (χ4v) is 5.99. The highest BCUT2D eigenvalue weighted by molar-refractivity contribution is 5.81. The quantitative estimate of drug-likeness (QED) is 0.617. The largest absolute Gasteiger partial charge is 0.481 e. The van der Waals surface area contributed by atoms with Gasteiger partial charge in [-0.1, -0.05) is 61.4 Å². The predicted octanol–water partition coefficient (Wildman–Crippen LogP) is 4.41. The predicted molar refractivity (Wildman–Crippen MR) is 131 cm³/mol. The van der Waals surface area contributed by atoms with Crippen LogP contribution < -0.4 is 5.32 Å². The molecule has 0 radical (unpaired) electrons. The van der Waals surface area contributed by atoms with Gasteiger partial charge in [0.05, 0.1) is 5.92 Å². The van der Waals surface area contributed by atoms with E-state index < -0.39 is 18.0 Å². The number of rotatable bonds is 7. The number of fused-ring (bicyclic) bond motifs is 3. The molecule has 2 aromatic carbocycles. The number of nitrogens with one attached hydrogen (secondary N) is 1. The molecular weight excluding hydrogens is 444 g/mol. The molecule has 1 saturated heterocycles.